The van der Waals surface area contributed by atoms with Crippen LogP contribution in [0, 0.1) is 0 Å². The normalized spacial score (nSPS) is 12.7. The molecule has 0 unspecified atom stereocenters. The Morgan fingerprint density at radius 2 is 0.831 bits per heavy atom. The van der Waals surface area contributed by atoms with Gasteiger partial charge in [0.2, 0.25) is 0 Å². The Bertz CT molecular complexity index is 3120. The standard InChI is InChI=1S/C57H42N2/c1-57(2)52-23-10-6-20-48(52)49-36-31-42(38-53(49)57)40-29-34-46(35-30-40)58(44-17-4-3-5-18-44)45-32-27-39(28-33-45)41-15-14-16-43(37-41)47-19-7-11-24-54(47)59-55-25-12-8-21-50(55)51-22-9-13-26-56(51)59/h3-38H,1-2H3. The first-order valence-electron chi connectivity index (χ1n) is 20.5. The molecule has 0 saturated carbocycles. The van der Waals surface area contributed by atoms with Crippen molar-refractivity contribution in [2.75, 3.05) is 4.90 Å². The van der Waals surface area contributed by atoms with E-state index in [0.717, 1.165) is 17.1 Å². The third-order valence-electron chi connectivity index (χ3n) is 12.4. The van der Waals surface area contributed by atoms with Crippen LogP contribution in [-0.4, -0.2) is 4.57 Å². The van der Waals surface area contributed by atoms with Gasteiger partial charge in [0, 0.05) is 38.8 Å². The SMILES string of the molecule is CC1(C)c2ccccc2-c2ccc(-c3ccc(N(c4ccccc4)c4ccc(-c5cccc(-c6ccccc6-n6c7ccccc7c7ccccc76)c5)cc4)cc3)cc21. The molecule has 0 radical (unpaired) electrons. The van der Waals surface area contributed by atoms with Crippen LogP contribution in [0.2, 0.25) is 0 Å². The van der Waals surface area contributed by atoms with E-state index in [2.05, 4.69) is 242 Å². The summed E-state index contributed by atoms with van der Waals surface area (Å²) in [5.41, 5.74) is 19.6. The number of para-hydroxylation sites is 4. The van der Waals surface area contributed by atoms with Crippen molar-refractivity contribution in [3.8, 4) is 50.2 Å². The zero-order chi connectivity index (χ0) is 39.5. The molecule has 1 heterocycles. The molecule has 2 nitrogen and oxygen atoms in total. The quantitative estimate of drug-likeness (QED) is 0.157. The highest BCUT2D eigenvalue weighted by Crippen LogP contribution is 2.49. The molecule has 0 aliphatic heterocycles. The van der Waals surface area contributed by atoms with Crippen molar-refractivity contribution >= 4 is 38.9 Å². The molecule has 0 atom stereocenters. The maximum Gasteiger partial charge on any atom is 0.0541 e. The van der Waals surface area contributed by atoms with Crippen LogP contribution in [0.25, 0.3) is 72.0 Å². The molecule has 1 aromatic heterocycles. The van der Waals surface area contributed by atoms with Crippen molar-refractivity contribution in [1.29, 1.82) is 0 Å². The summed E-state index contributed by atoms with van der Waals surface area (Å²) in [6.07, 6.45) is 0. The second-order valence-corrected chi connectivity index (χ2v) is 16.2. The first-order valence-corrected chi connectivity index (χ1v) is 20.5. The van der Waals surface area contributed by atoms with Crippen LogP contribution < -0.4 is 4.90 Å². The van der Waals surface area contributed by atoms with Gasteiger partial charge in [0.25, 0.3) is 0 Å². The van der Waals surface area contributed by atoms with E-state index in [1.165, 1.54) is 83.1 Å². The lowest BCUT2D eigenvalue weighted by Gasteiger charge is -2.26. The molecule has 0 bridgehead atoms. The summed E-state index contributed by atoms with van der Waals surface area (Å²) in [4.78, 5) is 2.34. The molecule has 59 heavy (non-hydrogen) atoms. The Hall–Kier alpha value is -7.42. The van der Waals surface area contributed by atoms with E-state index in [0.29, 0.717) is 0 Å². The second kappa shape index (κ2) is 13.9. The maximum atomic E-state index is 2.41. The van der Waals surface area contributed by atoms with E-state index in [1.54, 1.807) is 0 Å². The Morgan fingerprint density at radius 3 is 1.51 bits per heavy atom. The van der Waals surface area contributed by atoms with Crippen LogP contribution in [0.1, 0.15) is 25.0 Å². The lowest BCUT2D eigenvalue weighted by Crippen LogP contribution is -2.14. The van der Waals surface area contributed by atoms with Crippen LogP contribution >= 0.6 is 0 Å². The summed E-state index contributed by atoms with van der Waals surface area (Å²) in [6, 6.07) is 79.7. The third-order valence-corrected chi connectivity index (χ3v) is 12.4. The number of fused-ring (bicyclic) bond motifs is 6. The lowest BCUT2D eigenvalue weighted by molar-refractivity contribution is 0.660. The van der Waals surface area contributed by atoms with Crippen LogP contribution in [-0.2, 0) is 5.41 Å². The summed E-state index contributed by atoms with van der Waals surface area (Å²) in [5.74, 6) is 0. The number of hydrogen-bond acceptors (Lipinski definition) is 1. The highest BCUT2D eigenvalue weighted by Gasteiger charge is 2.35. The first-order chi connectivity index (χ1) is 29.0. The summed E-state index contributed by atoms with van der Waals surface area (Å²) in [7, 11) is 0. The van der Waals surface area contributed by atoms with Gasteiger partial charge in [-0.1, -0.05) is 166 Å². The van der Waals surface area contributed by atoms with Crippen LogP contribution in [0.4, 0.5) is 17.1 Å². The summed E-state index contributed by atoms with van der Waals surface area (Å²) in [6.45, 7) is 4.69. The van der Waals surface area contributed by atoms with E-state index in [4.69, 9.17) is 0 Å². The molecule has 0 saturated heterocycles. The minimum Gasteiger partial charge on any atom is -0.311 e. The van der Waals surface area contributed by atoms with Gasteiger partial charge in [0.05, 0.1) is 16.7 Å². The van der Waals surface area contributed by atoms with E-state index in [9.17, 15) is 0 Å². The molecular weight excluding hydrogens is 713 g/mol. The Balaban J connectivity index is 0.921. The number of hydrogen-bond donors (Lipinski definition) is 0. The van der Waals surface area contributed by atoms with Crippen molar-refractivity contribution in [2.45, 2.75) is 19.3 Å². The van der Waals surface area contributed by atoms with Gasteiger partial charge < -0.3 is 9.47 Å². The van der Waals surface area contributed by atoms with Gasteiger partial charge in [-0.3, -0.25) is 0 Å². The van der Waals surface area contributed by atoms with Crippen LogP contribution in [0.3, 0.4) is 0 Å². The molecule has 1 aliphatic rings. The van der Waals surface area contributed by atoms with E-state index < -0.39 is 0 Å². The van der Waals surface area contributed by atoms with E-state index in [1.807, 2.05) is 0 Å². The van der Waals surface area contributed by atoms with Gasteiger partial charge in [-0.2, -0.15) is 0 Å². The fraction of sp³-hybridized carbons (Fsp3) is 0.0526. The summed E-state index contributed by atoms with van der Waals surface area (Å²) in [5, 5.41) is 2.53. The highest BCUT2D eigenvalue weighted by atomic mass is 15.1. The van der Waals surface area contributed by atoms with Crippen molar-refractivity contribution in [3.63, 3.8) is 0 Å². The number of aromatic nitrogens is 1. The smallest absolute Gasteiger partial charge is 0.0541 e. The zero-order valence-electron chi connectivity index (χ0n) is 33.2. The number of anilines is 3. The molecule has 11 rings (SSSR count). The monoisotopic (exact) mass is 754 g/mol. The molecule has 1 aliphatic carbocycles. The third kappa shape index (κ3) is 5.79. The average Bonchev–Trinajstić information content (AvgIpc) is 3.75. The minimum absolute atomic E-state index is 0.0303. The molecule has 0 fully saturated rings. The Labute approximate surface area is 345 Å². The predicted molar refractivity (Wildman–Crippen MR) is 249 cm³/mol. The molecule has 2 heteroatoms. The largest absolute Gasteiger partial charge is 0.311 e. The van der Waals surface area contributed by atoms with Crippen molar-refractivity contribution in [3.05, 3.63) is 230 Å². The number of benzene rings is 9. The Kier molecular flexibility index (Phi) is 8.20. The molecule has 0 amide bonds. The van der Waals surface area contributed by atoms with Gasteiger partial charge in [-0.15, -0.1) is 0 Å². The van der Waals surface area contributed by atoms with Crippen molar-refractivity contribution in [2.24, 2.45) is 0 Å². The van der Waals surface area contributed by atoms with Gasteiger partial charge in [-0.25, -0.2) is 0 Å². The molecule has 0 N–H and O–H groups in total. The lowest BCUT2D eigenvalue weighted by atomic mass is 9.81. The first kappa shape index (κ1) is 34.8. The van der Waals surface area contributed by atoms with Gasteiger partial charge in [0.15, 0.2) is 0 Å². The second-order valence-electron chi connectivity index (χ2n) is 16.2. The fourth-order valence-electron chi connectivity index (χ4n) is 9.48. The van der Waals surface area contributed by atoms with Gasteiger partial charge in [-0.05, 0) is 117 Å². The van der Waals surface area contributed by atoms with Crippen molar-refractivity contribution in [1.82, 2.24) is 4.57 Å². The molecule has 280 valence electrons. The number of rotatable bonds is 7. The Morgan fingerprint density at radius 1 is 0.339 bits per heavy atom. The van der Waals surface area contributed by atoms with E-state index >= 15 is 0 Å². The summed E-state index contributed by atoms with van der Waals surface area (Å²) < 4.78 is 2.41. The summed E-state index contributed by atoms with van der Waals surface area (Å²) >= 11 is 0. The molecule has 10 aromatic rings. The van der Waals surface area contributed by atoms with Crippen LogP contribution in [0.5, 0.6) is 0 Å². The van der Waals surface area contributed by atoms with Gasteiger partial charge in [0.1, 0.15) is 0 Å². The topological polar surface area (TPSA) is 8.17 Å². The molecule has 9 aromatic carbocycles. The fourth-order valence-corrected chi connectivity index (χ4v) is 9.48. The van der Waals surface area contributed by atoms with E-state index in [-0.39, 0.29) is 5.41 Å². The average molecular weight is 755 g/mol. The van der Waals surface area contributed by atoms with Crippen molar-refractivity contribution < 1.29 is 0 Å². The maximum absolute atomic E-state index is 2.41. The minimum atomic E-state index is -0.0303. The zero-order valence-corrected chi connectivity index (χ0v) is 33.2. The predicted octanol–water partition coefficient (Wildman–Crippen LogP) is 15.6. The van der Waals surface area contributed by atoms with Crippen LogP contribution in [0.15, 0.2) is 218 Å². The number of nitrogens with zero attached hydrogens (tertiary/aromatic N) is 2. The molecule has 0 spiro atoms. The molecular formula is C57H42N2. The van der Waals surface area contributed by atoms with Gasteiger partial charge >= 0.3 is 0 Å². The highest BCUT2D eigenvalue weighted by molar-refractivity contribution is 6.09.